The summed E-state index contributed by atoms with van der Waals surface area (Å²) < 4.78 is 44.0. The van der Waals surface area contributed by atoms with Crippen LogP contribution in [0.2, 0.25) is 0 Å². The largest absolute Gasteiger partial charge is 0.416 e. The molecule has 0 spiro atoms. The number of rotatable bonds is 4. The number of hydrogen-bond donors (Lipinski definition) is 1. The van der Waals surface area contributed by atoms with Gasteiger partial charge in [-0.25, -0.2) is 4.79 Å². The van der Waals surface area contributed by atoms with Gasteiger partial charge in [0, 0.05) is 10.0 Å². The number of carbonyl (C=O) groups excluding carboxylic acids is 2. The summed E-state index contributed by atoms with van der Waals surface area (Å²) in [5, 5.41) is 6.41. The lowest BCUT2D eigenvalue weighted by atomic mass is 9.92. The summed E-state index contributed by atoms with van der Waals surface area (Å²) in [5.41, 5.74) is -1.17. The number of hydrogen-bond acceptors (Lipinski definition) is 5. The van der Waals surface area contributed by atoms with Gasteiger partial charge in [-0.1, -0.05) is 45.4 Å². The normalized spacial score (nSPS) is 19.1. The Morgan fingerprint density at radius 1 is 1.16 bits per heavy atom. The Hall–Kier alpha value is -3.21. The number of urea groups is 1. The van der Waals surface area contributed by atoms with Crippen molar-refractivity contribution in [2.24, 2.45) is 0 Å². The highest BCUT2D eigenvalue weighted by Crippen LogP contribution is 2.32. The predicted molar refractivity (Wildman–Crippen MR) is 105 cm³/mol. The topological polar surface area (TPSA) is 88.3 Å². The van der Waals surface area contributed by atoms with Crippen LogP contribution in [0.3, 0.4) is 0 Å². The SMILES string of the molecule is CC1(c2cccc(Br)c2)NC(=O)N(Cc2nc(-c3ccc(C(F)(F)F)cc3)no2)C1=O. The van der Waals surface area contributed by atoms with Crippen molar-refractivity contribution in [2.45, 2.75) is 25.2 Å². The fraction of sp³-hybridized carbons (Fsp3) is 0.200. The van der Waals surface area contributed by atoms with Gasteiger partial charge >= 0.3 is 12.2 Å². The zero-order chi connectivity index (χ0) is 22.4. The third-order valence-electron chi connectivity index (χ3n) is 4.91. The van der Waals surface area contributed by atoms with Crippen LogP contribution in [0, 0.1) is 0 Å². The average Bonchev–Trinajstić information content (AvgIpc) is 3.27. The maximum atomic E-state index is 13.0. The van der Waals surface area contributed by atoms with E-state index in [0.717, 1.165) is 21.5 Å². The second-order valence-electron chi connectivity index (χ2n) is 7.04. The lowest BCUT2D eigenvalue weighted by Crippen LogP contribution is -2.40. The fourth-order valence-electron chi connectivity index (χ4n) is 3.22. The Bertz CT molecular complexity index is 1160. The molecular weight excluding hydrogens is 481 g/mol. The Morgan fingerprint density at radius 2 is 1.87 bits per heavy atom. The van der Waals surface area contributed by atoms with Crippen LogP contribution in [0.15, 0.2) is 57.5 Å². The van der Waals surface area contributed by atoms with Crippen molar-refractivity contribution in [3.8, 4) is 11.4 Å². The highest BCUT2D eigenvalue weighted by Gasteiger charge is 2.49. The van der Waals surface area contributed by atoms with Crippen LogP contribution >= 0.6 is 15.9 Å². The molecule has 1 N–H and O–H groups in total. The molecule has 1 aliphatic rings. The predicted octanol–water partition coefficient (Wildman–Crippen LogP) is 4.49. The third kappa shape index (κ3) is 3.92. The van der Waals surface area contributed by atoms with E-state index in [4.69, 9.17) is 4.52 Å². The zero-order valence-electron chi connectivity index (χ0n) is 15.9. The standard InChI is InChI=1S/C20H14BrF3N4O3/c1-19(13-3-2-4-14(21)9-13)17(29)28(18(30)26-19)10-15-25-16(27-31-15)11-5-7-12(8-6-11)20(22,23)24/h2-9H,10H2,1H3,(H,26,30). The first-order valence-corrected chi connectivity index (χ1v) is 9.77. The number of halogens is 4. The van der Waals surface area contributed by atoms with Crippen LogP contribution < -0.4 is 5.32 Å². The maximum Gasteiger partial charge on any atom is 0.416 e. The molecule has 0 radical (unpaired) electrons. The summed E-state index contributed by atoms with van der Waals surface area (Å²) in [4.78, 5) is 30.5. The molecule has 3 aromatic rings. The molecule has 3 amide bonds. The van der Waals surface area contributed by atoms with E-state index >= 15 is 0 Å². The molecule has 1 atom stereocenters. The molecule has 7 nitrogen and oxygen atoms in total. The average molecular weight is 495 g/mol. The van der Waals surface area contributed by atoms with Crippen LogP contribution in [0.4, 0.5) is 18.0 Å². The van der Waals surface area contributed by atoms with Crippen molar-refractivity contribution in [2.75, 3.05) is 0 Å². The highest BCUT2D eigenvalue weighted by molar-refractivity contribution is 9.10. The van der Waals surface area contributed by atoms with E-state index in [1.165, 1.54) is 12.1 Å². The first-order chi connectivity index (χ1) is 14.6. The van der Waals surface area contributed by atoms with Crippen molar-refractivity contribution in [3.63, 3.8) is 0 Å². The number of carbonyl (C=O) groups is 2. The molecule has 160 valence electrons. The van der Waals surface area contributed by atoms with Gasteiger partial charge in [-0.05, 0) is 36.8 Å². The lowest BCUT2D eigenvalue weighted by Gasteiger charge is -2.22. The van der Waals surface area contributed by atoms with Gasteiger partial charge in [0.15, 0.2) is 0 Å². The summed E-state index contributed by atoms with van der Waals surface area (Å²) in [5.74, 6) is -0.479. The second kappa shape index (κ2) is 7.49. The summed E-state index contributed by atoms with van der Waals surface area (Å²) >= 11 is 3.34. The number of aromatic nitrogens is 2. The fourth-order valence-corrected chi connectivity index (χ4v) is 3.61. The van der Waals surface area contributed by atoms with E-state index in [9.17, 15) is 22.8 Å². The quantitative estimate of drug-likeness (QED) is 0.540. The first-order valence-electron chi connectivity index (χ1n) is 8.98. The van der Waals surface area contributed by atoms with Gasteiger partial charge in [-0.3, -0.25) is 9.69 Å². The number of benzene rings is 2. The van der Waals surface area contributed by atoms with Crippen LogP contribution in [-0.2, 0) is 23.1 Å². The third-order valence-corrected chi connectivity index (χ3v) is 5.40. The minimum absolute atomic E-state index is 0.0307. The maximum absolute atomic E-state index is 13.0. The number of alkyl halides is 3. The van der Waals surface area contributed by atoms with E-state index in [1.807, 2.05) is 0 Å². The van der Waals surface area contributed by atoms with E-state index in [-0.39, 0.29) is 18.3 Å². The molecule has 0 aliphatic carbocycles. The van der Waals surface area contributed by atoms with Gasteiger partial charge in [0.1, 0.15) is 12.1 Å². The lowest BCUT2D eigenvalue weighted by molar-refractivity contribution is -0.137. The van der Waals surface area contributed by atoms with Crippen molar-refractivity contribution < 1.29 is 27.3 Å². The van der Waals surface area contributed by atoms with Gasteiger partial charge in [0.05, 0.1) is 5.56 Å². The molecule has 1 aromatic heterocycles. The van der Waals surface area contributed by atoms with E-state index in [0.29, 0.717) is 11.1 Å². The Kier molecular flexibility index (Phi) is 5.08. The summed E-state index contributed by atoms with van der Waals surface area (Å²) in [7, 11) is 0. The van der Waals surface area contributed by atoms with E-state index in [1.54, 1.807) is 31.2 Å². The summed E-state index contributed by atoms with van der Waals surface area (Å²) in [6.07, 6.45) is -4.45. The Balaban J connectivity index is 1.53. The van der Waals surface area contributed by atoms with Crippen LogP contribution in [0.25, 0.3) is 11.4 Å². The Morgan fingerprint density at radius 3 is 2.52 bits per heavy atom. The highest BCUT2D eigenvalue weighted by atomic mass is 79.9. The Labute approximate surface area is 182 Å². The molecule has 2 heterocycles. The molecule has 1 unspecified atom stereocenters. The van der Waals surface area contributed by atoms with Gasteiger partial charge in [0.25, 0.3) is 5.91 Å². The number of nitrogens with zero attached hydrogens (tertiary/aromatic N) is 3. The van der Waals surface area contributed by atoms with Crippen molar-refractivity contribution in [3.05, 3.63) is 70.0 Å². The molecular formula is C20H14BrF3N4O3. The smallest absolute Gasteiger partial charge is 0.337 e. The summed E-state index contributed by atoms with van der Waals surface area (Å²) in [6.45, 7) is 1.32. The zero-order valence-corrected chi connectivity index (χ0v) is 17.5. The number of imide groups is 1. The number of nitrogens with one attached hydrogen (secondary N) is 1. The van der Waals surface area contributed by atoms with Crippen molar-refractivity contribution >= 4 is 27.9 Å². The van der Waals surface area contributed by atoms with Gasteiger partial charge in [-0.2, -0.15) is 18.2 Å². The van der Waals surface area contributed by atoms with Crippen molar-refractivity contribution in [1.29, 1.82) is 0 Å². The minimum atomic E-state index is -4.45. The molecule has 4 rings (SSSR count). The number of amides is 3. The van der Waals surface area contributed by atoms with Crippen LogP contribution in [0.5, 0.6) is 0 Å². The van der Waals surface area contributed by atoms with Gasteiger partial charge in [0.2, 0.25) is 11.7 Å². The summed E-state index contributed by atoms with van der Waals surface area (Å²) in [6, 6.07) is 10.6. The molecule has 1 fully saturated rings. The van der Waals surface area contributed by atoms with E-state index in [2.05, 4.69) is 31.4 Å². The first kappa shape index (κ1) is 21.0. The van der Waals surface area contributed by atoms with Gasteiger partial charge < -0.3 is 9.84 Å². The minimum Gasteiger partial charge on any atom is -0.337 e. The molecule has 31 heavy (non-hydrogen) atoms. The second-order valence-corrected chi connectivity index (χ2v) is 7.96. The molecule has 11 heteroatoms. The monoisotopic (exact) mass is 494 g/mol. The van der Waals surface area contributed by atoms with E-state index < -0.39 is 29.2 Å². The molecule has 2 aromatic carbocycles. The molecule has 1 aliphatic heterocycles. The molecule has 0 saturated carbocycles. The van der Waals surface area contributed by atoms with Crippen LogP contribution in [0.1, 0.15) is 23.9 Å². The van der Waals surface area contributed by atoms with Gasteiger partial charge in [-0.15, -0.1) is 0 Å². The molecule has 0 bridgehead atoms. The van der Waals surface area contributed by atoms with Crippen molar-refractivity contribution in [1.82, 2.24) is 20.4 Å². The molecule has 1 saturated heterocycles. The van der Waals surface area contributed by atoms with Crippen LogP contribution in [-0.4, -0.2) is 27.0 Å².